The number of aliphatic hydroxyl groups is 1. The number of likely N-dealkylation sites (tertiary alicyclic amines) is 1. The molecule has 5 heteroatoms. The summed E-state index contributed by atoms with van der Waals surface area (Å²) in [4.78, 5) is 11.0. The molecule has 1 saturated heterocycles. The van der Waals surface area contributed by atoms with Crippen molar-refractivity contribution < 1.29 is 5.11 Å². The van der Waals surface area contributed by atoms with Crippen molar-refractivity contribution in [1.82, 2.24) is 14.9 Å². The zero-order valence-corrected chi connectivity index (χ0v) is 9.77. The number of aromatic nitrogens is 2. The van der Waals surface area contributed by atoms with E-state index >= 15 is 0 Å². The third kappa shape index (κ3) is 2.68. The molecule has 0 saturated carbocycles. The van der Waals surface area contributed by atoms with Gasteiger partial charge >= 0.3 is 0 Å². The van der Waals surface area contributed by atoms with Crippen molar-refractivity contribution in [2.45, 2.75) is 26.0 Å². The average molecular weight is 222 g/mol. The first-order valence-corrected chi connectivity index (χ1v) is 5.60. The summed E-state index contributed by atoms with van der Waals surface area (Å²) in [5.41, 5.74) is 0.967. The van der Waals surface area contributed by atoms with Gasteiger partial charge in [0.1, 0.15) is 11.6 Å². The van der Waals surface area contributed by atoms with Gasteiger partial charge in [-0.1, -0.05) is 0 Å². The average Bonchev–Trinajstić information content (AvgIpc) is 2.63. The number of rotatable bonds is 3. The fourth-order valence-corrected chi connectivity index (χ4v) is 1.98. The summed E-state index contributed by atoms with van der Waals surface area (Å²) >= 11 is 0. The molecule has 2 N–H and O–H groups in total. The van der Waals surface area contributed by atoms with Gasteiger partial charge in [-0.25, -0.2) is 9.97 Å². The standard InChI is InChI=1S/C11H18N4O/c1-8-5-10(12-2)14-11(13-8)7-15-4-3-9(16)6-15/h5,9,16H,3-4,6-7H2,1-2H3,(H,12,13,14). The maximum absolute atomic E-state index is 9.44. The molecule has 1 aromatic heterocycles. The Bertz CT molecular complexity index is 369. The van der Waals surface area contributed by atoms with Gasteiger partial charge in [-0.2, -0.15) is 0 Å². The van der Waals surface area contributed by atoms with Gasteiger partial charge in [-0.15, -0.1) is 0 Å². The van der Waals surface area contributed by atoms with Crippen LogP contribution in [-0.4, -0.2) is 46.2 Å². The van der Waals surface area contributed by atoms with Crippen LogP contribution in [0.4, 0.5) is 5.82 Å². The van der Waals surface area contributed by atoms with Crippen LogP contribution < -0.4 is 5.32 Å². The highest BCUT2D eigenvalue weighted by Crippen LogP contribution is 2.13. The Labute approximate surface area is 95.5 Å². The summed E-state index contributed by atoms with van der Waals surface area (Å²) < 4.78 is 0. The van der Waals surface area contributed by atoms with E-state index in [4.69, 9.17) is 0 Å². The first kappa shape index (κ1) is 11.3. The molecular formula is C11H18N4O. The second kappa shape index (κ2) is 4.76. The van der Waals surface area contributed by atoms with Gasteiger partial charge in [-0.05, 0) is 13.3 Å². The number of nitrogens with zero attached hydrogens (tertiary/aromatic N) is 3. The molecule has 0 aromatic carbocycles. The molecule has 5 nitrogen and oxygen atoms in total. The van der Waals surface area contributed by atoms with E-state index in [1.54, 1.807) is 0 Å². The van der Waals surface area contributed by atoms with Crippen molar-refractivity contribution in [3.05, 3.63) is 17.6 Å². The van der Waals surface area contributed by atoms with Gasteiger partial charge in [0.25, 0.3) is 0 Å². The summed E-state index contributed by atoms with van der Waals surface area (Å²) in [5, 5.41) is 12.5. The first-order chi connectivity index (χ1) is 7.67. The summed E-state index contributed by atoms with van der Waals surface area (Å²) in [6.07, 6.45) is 0.665. The Balaban J connectivity index is 2.06. The van der Waals surface area contributed by atoms with Gasteiger partial charge in [-0.3, -0.25) is 4.90 Å². The summed E-state index contributed by atoms with van der Waals surface area (Å²) in [7, 11) is 1.85. The van der Waals surface area contributed by atoms with Crippen molar-refractivity contribution in [3.63, 3.8) is 0 Å². The van der Waals surface area contributed by atoms with Crippen molar-refractivity contribution >= 4 is 5.82 Å². The van der Waals surface area contributed by atoms with Crippen molar-refractivity contribution in [3.8, 4) is 0 Å². The third-order valence-corrected chi connectivity index (χ3v) is 2.77. The molecule has 0 spiro atoms. The molecule has 0 bridgehead atoms. The maximum atomic E-state index is 9.44. The zero-order valence-electron chi connectivity index (χ0n) is 9.77. The maximum Gasteiger partial charge on any atom is 0.144 e. The van der Waals surface area contributed by atoms with Gasteiger partial charge < -0.3 is 10.4 Å². The highest BCUT2D eigenvalue weighted by atomic mass is 16.3. The minimum atomic E-state index is -0.187. The van der Waals surface area contributed by atoms with Crippen LogP contribution in [0.2, 0.25) is 0 Å². The smallest absolute Gasteiger partial charge is 0.144 e. The van der Waals surface area contributed by atoms with Crippen molar-refractivity contribution in [2.75, 3.05) is 25.5 Å². The van der Waals surface area contributed by atoms with Crippen LogP contribution in [0.3, 0.4) is 0 Å². The highest BCUT2D eigenvalue weighted by Gasteiger charge is 2.20. The molecule has 2 heterocycles. The molecule has 0 amide bonds. The SMILES string of the molecule is CNc1cc(C)nc(CN2CCC(O)C2)n1. The summed E-state index contributed by atoms with van der Waals surface area (Å²) in [6, 6.07) is 1.92. The van der Waals surface area contributed by atoms with Crippen LogP contribution in [0.5, 0.6) is 0 Å². The van der Waals surface area contributed by atoms with Crippen LogP contribution in [0.15, 0.2) is 6.07 Å². The van der Waals surface area contributed by atoms with Crippen LogP contribution in [0.1, 0.15) is 17.9 Å². The molecule has 2 rings (SSSR count). The largest absolute Gasteiger partial charge is 0.392 e. The fraction of sp³-hybridized carbons (Fsp3) is 0.636. The number of aliphatic hydroxyl groups excluding tert-OH is 1. The minimum absolute atomic E-state index is 0.187. The van der Waals surface area contributed by atoms with E-state index < -0.39 is 0 Å². The fourth-order valence-electron chi connectivity index (χ4n) is 1.98. The Kier molecular flexibility index (Phi) is 3.36. The van der Waals surface area contributed by atoms with E-state index in [9.17, 15) is 5.11 Å². The minimum Gasteiger partial charge on any atom is -0.392 e. The van der Waals surface area contributed by atoms with Crippen LogP contribution in [-0.2, 0) is 6.54 Å². The Morgan fingerprint density at radius 3 is 3.00 bits per heavy atom. The number of anilines is 1. The molecular weight excluding hydrogens is 204 g/mol. The van der Waals surface area contributed by atoms with E-state index in [0.717, 1.165) is 36.8 Å². The molecule has 88 valence electrons. The van der Waals surface area contributed by atoms with Crippen LogP contribution in [0, 0.1) is 6.92 Å². The van der Waals surface area contributed by atoms with E-state index in [-0.39, 0.29) is 6.10 Å². The number of hydrogen-bond acceptors (Lipinski definition) is 5. The lowest BCUT2D eigenvalue weighted by atomic mass is 10.3. The quantitative estimate of drug-likeness (QED) is 0.775. The van der Waals surface area contributed by atoms with Gasteiger partial charge in [0.2, 0.25) is 0 Å². The Morgan fingerprint density at radius 2 is 2.38 bits per heavy atom. The predicted octanol–water partition coefficient (Wildman–Crippen LogP) is 0.393. The number of aryl methyl sites for hydroxylation is 1. The molecule has 1 unspecified atom stereocenters. The molecule has 1 aliphatic rings. The third-order valence-electron chi connectivity index (χ3n) is 2.77. The monoisotopic (exact) mass is 222 g/mol. The van der Waals surface area contributed by atoms with Crippen molar-refractivity contribution in [1.29, 1.82) is 0 Å². The lowest BCUT2D eigenvalue weighted by Gasteiger charge is -2.14. The van der Waals surface area contributed by atoms with Crippen LogP contribution >= 0.6 is 0 Å². The Morgan fingerprint density at radius 1 is 1.56 bits per heavy atom. The lowest BCUT2D eigenvalue weighted by molar-refractivity contribution is 0.174. The molecule has 1 fully saturated rings. The van der Waals surface area contributed by atoms with Gasteiger partial charge in [0.15, 0.2) is 0 Å². The van der Waals surface area contributed by atoms with E-state index in [0.29, 0.717) is 6.54 Å². The number of hydrogen-bond donors (Lipinski definition) is 2. The molecule has 16 heavy (non-hydrogen) atoms. The molecule has 0 aliphatic carbocycles. The second-order valence-electron chi connectivity index (χ2n) is 4.24. The van der Waals surface area contributed by atoms with E-state index in [1.165, 1.54) is 0 Å². The number of nitrogens with one attached hydrogen (secondary N) is 1. The molecule has 1 aromatic rings. The zero-order chi connectivity index (χ0) is 11.5. The summed E-state index contributed by atoms with van der Waals surface area (Å²) in [6.45, 7) is 4.33. The first-order valence-electron chi connectivity index (χ1n) is 5.60. The molecule has 0 radical (unpaired) electrons. The number of β-amino-alcohol motifs (C(OH)–C–C–N with tert-alkyl or cyclic N) is 1. The van der Waals surface area contributed by atoms with Crippen molar-refractivity contribution in [2.24, 2.45) is 0 Å². The van der Waals surface area contributed by atoms with Gasteiger partial charge in [0, 0.05) is 31.9 Å². The molecule has 1 aliphatic heterocycles. The predicted molar refractivity (Wildman–Crippen MR) is 62.2 cm³/mol. The lowest BCUT2D eigenvalue weighted by Crippen LogP contribution is -2.23. The summed E-state index contributed by atoms with van der Waals surface area (Å²) in [5.74, 6) is 1.67. The van der Waals surface area contributed by atoms with E-state index in [2.05, 4.69) is 20.2 Å². The Hall–Kier alpha value is -1.20. The second-order valence-corrected chi connectivity index (χ2v) is 4.24. The topological polar surface area (TPSA) is 61.3 Å². The van der Waals surface area contributed by atoms with Gasteiger partial charge in [0.05, 0.1) is 12.6 Å². The van der Waals surface area contributed by atoms with Crippen LogP contribution in [0.25, 0.3) is 0 Å². The normalized spacial score (nSPS) is 21.3. The van der Waals surface area contributed by atoms with E-state index in [1.807, 2.05) is 20.0 Å². The highest BCUT2D eigenvalue weighted by molar-refractivity contribution is 5.34. The molecule has 1 atom stereocenters.